The first-order chi connectivity index (χ1) is 11.5. The molecule has 0 spiro atoms. The lowest BCUT2D eigenvalue weighted by Crippen LogP contribution is -2.94. The van der Waals surface area contributed by atoms with Gasteiger partial charge in [-0.15, -0.1) is 0 Å². The summed E-state index contributed by atoms with van der Waals surface area (Å²) in [6, 6.07) is 6.52. The minimum Gasteiger partial charge on any atom is -0.544 e. The highest BCUT2D eigenvalue weighted by molar-refractivity contribution is 5.96. The molecular formula is C19H29NO4. The molecule has 0 fully saturated rings. The van der Waals surface area contributed by atoms with Gasteiger partial charge in [0.05, 0.1) is 25.5 Å². The molecule has 0 amide bonds. The van der Waals surface area contributed by atoms with Gasteiger partial charge in [0.15, 0.2) is 5.78 Å². The number of hydrogen-bond donors (Lipinski definition) is 1. The number of unbranched alkanes of at least 4 members (excludes halogenated alkanes) is 1. The normalized spacial score (nSPS) is 13.3. The van der Waals surface area contributed by atoms with Crippen LogP contribution >= 0.6 is 0 Å². The summed E-state index contributed by atoms with van der Waals surface area (Å²) in [5, 5.41) is 12.8. The van der Waals surface area contributed by atoms with Crippen molar-refractivity contribution in [3.8, 4) is 5.75 Å². The van der Waals surface area contributed by atoms with Crippen molar-refractivity contribution in [2.24, 2.45) is 5.92 Å². The number of carbonyl (C=O) groups is 2. The van der Waals surface area contributed by atoms with E-state index in [2.05, 4.69) is 6.92 Å². The summed E-state index contributed by atoms with van der Waals surface area (Å²) in [5.74, 6) is -0.275. The van der Waals surface area contributed by atoms with Crippen LogP contribution in [0.4, 0.5) is 0 Å². The molecule has 0 aliphatic rings. The van der Waals surface area contributed by atoms with E-state index in [1.54, 1.807) is 29.6 Å². The van der Waals surface area contributed by atoms with Crippen molar-refractivity contribution in [3.63, 3.8) is 0 Å². The van der Waals surface area contributed by atoms with Crippen LogP contribution in [0, 0.1) is 5.92 Å². The molecule has 2 N–H and O–H groups in total. The molecular weight excluding hydrogens is 306 g/mol. The number of benzene rings is 1. The van der Waals surface area contributed by atoms with E-state index >= 15 is 0 Å². The Labute approximate surface area is 144 Å². The summed E-state index contributed by atoms with van der Waals surface area (Å²) in [5.41, 5.74) is 0.625. The number of carbonyl (C=O) groups excluding carboxylic acids is 2. The van der Waals surface area contributed by atoms with E-state index in [1.807, 2.05) is 13.8 Å². The fourth-order valence-electron chi connectivity index (χ4n) is 2.42. The summed E-state index contributed by atoms with van der Waals surface area (Å²) in [6.45, 7) is 7.06. The fourth-order valence-corrected chi connectivity index (χ4v) is 2.42. The molecule has 0 saturated carbocycles. The molecule has 5 heteroatoms. The van der Waals surface area contributed by atoms with Gasteiger partial charge in [0.25, 0.3) is 0 Å². The lowest BCUT2D eigenvalue weighted by molar-refractivity contribution is -0.688. The van der Waals surface area contributed by atoms with Gasteiger partial charge in [0, 0.05) is 11.5 Å². The molecule has 0 heterocycles. The van der Waals surface area contributed by atoms with Gasteiger partial charge < -0.3 is 20.0 Å². The van der Waals surface area contributed by atoms with E-state index in [1.165, 1.54) is 0 Å². The number of carboxylic acid groups (broad SMARTS) is 1. The van der Waals surface area contributed by atoms with Crippen LogP contribution in [-0.4, -0.2) is 30.9 Å². The largest absolute Gasteiger partial charge is 0.544 e. The van der Waals surface area contributed by atoms with Gasteiger partial charge in [-0.3, -0.25) is 4.79 Å². The smallest absolute Gasteiger partial charge is 0.168 e. The van der Waals surface area contributed by atoms with Crippen LogP contribution in [0.3, 0.4) is 0 Å². The SMILES string of the molecule is CCCCOc1ccc(C(=O)CC[NH2+][C@@H](C(=O)[O-])[C@@H](C)CC)cc1. The summed E-state index contributed by atoms with van der Waals surface area (Å²) >= 11 is 0. The number of aliphatic carboxylic acids is 1. The molecule has 24 heavy (non-hydrogen) atoms. The predicted octanol–water partition coefficient (Wildman–Crippen LogP) is 1.17. The molecule has 0 aliphatic carbocycles. The van der Waals surface area contributed by atoms with Crippen LogP contribution in [-0.2, 0) is 4.79 Å². The number of Topliss-reactive ketones (excluding diaryl/α,β-unsaturated/α-hetero) is 1. The summed E-state index contributed by atoms with van der Waals surface area (Å²) in [7, 11) is 0. The van der Waals surface area contributed by atoms with E-state index in [4.69, 9.17) is 4.74 Å². The third kappa shape index (κ3) is 6.71. The maximum atomic E-state index is 12.2. The Morgan fingerprint density at radius 2 is 1.88 bits per heavy atom. The number of ketones is 1. The van der Waals surface area contributed by atoms with Gasteiger partial charge in [0.2, 0.25) is 0 Å². The van der Waals surface area contributed by atoms with Crippen molar-refractivity contribution in [1.29, 1.82) is 0 Å². The zero-order valence-corrected chi connectivity index (χ0v) is 14.9. The Kier molecular flexibility index (Phi) is 9.08. The Hall–Kier alpha value is -1.88. The van der Waals surface area contributed by atoms with Crippen molar-refractivity contribution in [3.05, 3.63) is 29.8 Å². The van der Waals surface area contributed by atoms with Gasteiger partial charge in [-0.2, -0.15) is 0 Å². The minimum atomic E-state index is -1.06. The van der Waals surface area contributed by atoms with E-state index in [9.17, 15) is 14.7 Å². The molecule has 0 aromatic heterocycles. The highest BCUT2D eigenvalue weighted by atomic mass is 16.5. The monoisotopic (exact) mass is 335 g/mol. The zero-order chi connectivity index (χ0) is 17.9. The molecule has 2 atom stereocenters. The van der Waals surface area contributed by atoms with Gasteiger partial charge in [0.1, 0.15) is 11.8 Å². The second kappa shape index (κ2) is 10.8. The third-order valence-electron chi connectivity index (χ3n) is 4.26. The molecule has 1 rings (SSSR count). The summed E-state index contributed by atoms with van der Waals surface area (Å²) in [4.78, 5) is 23.3. The van der Waals surface area contributed by atoms with Crippen LogP contribution in [0.5, 0.6) is 5.75 Å². The van der Waals surface area contributed by atoms with Crippen LogP contribution in [0.25, 0.3) is 0 Å². The maximum absolute atomic E-state index is 12.2. The number of rotatable bonds is 12. The van der Waals surface area contributed by atoms with E-state index in [0.717, 1.165) is 25.0 Å². The second-order valence-corrected chi connectivity index (χ2v) is 6.15. The zero-order valence-electron chi connectivity index (χ0n) is 14.9. The molecule has 0 aliphatic heterocycles. The number of quaternary nitrogens is 1. The quantitative estimate of drug-likeness (QED) is 0.459. The highest BCUT2D eigenvalue weighted by Crippen LogP contribution is 2.13. The fraction of sp³-hybridized carbons (Fsp3) is 0.579. The molecule has 134 valence electrons. The number of carboxylic acids is 1. The van der Waals surface area contributed by atoms with Crippen molar-refractivity contribution >= 4 is 11.8 Å². The second-order valence-electron chi connectivity index (χ2n) is 6.15. The lowest BCUT2D eigenvalue weighted by atomic mass is 9.99. The summed E-state index contributed by atoms with van der Waals surface area (Å²) in [6.07, 6.45) is 3.15. The van der Waals surface area contributed by atoms with Crippen LogP contribution in [0.15, 0.2) is 24.3 Å². The average molecular weight is 335 g/mol. The van der Waals surface area contributed by atoms with Crippen molar-refractivity contribution < 1.29 is 24.7 Å². The number of hydrogen-bond acceptors (Lipinski definition) is 4. The van der Waals surface area contributed by atoms with Gasteiger partial charge in [-0.25, -0.2) is 0 Å². The van der Waals surface area contributed by atoms with Crippen LogP contribution < -0.4 is 15.2 Å². The maximum Gasteiger partial charge on any atom is 0.168 e. The summed E-state index contributed by atoms with van der Waals surface area (Å²) < 4.78 is 5.57. The predicted molar refractivity (Wildman–Crippen MR) is 90.8 cm³/mol. The van der Waals surface area contributed by atoms with Gasteiger partial charge >= 0.3 is 0 Å². The average Bonchev–Trinajstić information content (AvgIpc) is 2.58. The molecule has 1 aromatic rings. The van der Waals surface area contributed by atoms with Gasteiger partial charge in [-0.05, 0) is 37.1 Å². The topological polar surface area (TPSA) is 83.0 Å². The first-order valence-corrected chi connectivity index (χ1v) is 8.79. The first-order valence-electron chi connectivity index (χ1n) is 8.79. The van der Waals surface area contributed by atoms with Crippen LogP contribution in [0.2, 0.25) is 0 Å². The third-order valence-corrected chi connectivity index (χ3v) is 4.26. The van der Waals surface area contributed by atoms with Crippen LogP contribution in [0.1, 0.15) is 56.8 Å². The Bertz CT molecular complexity index is 513. The number of ether oxygens (including phenoxy) is 1. The highest BCUT2D eigenvalue weighted by Gasteiger charge is 2.20. The Balaban J connectivity index is 2.45. The molecule has 0 radical (unpaired) electrons. The molecule has 0 saturated heterocycles. The van der Waals surface area contributed by atoms with E-state index in [0.29, 0.717) is 25.1 Å². The first kappa shape index (κ1) is 20.2. The van der Waals surface area contributed by atoms with Crippen molar-refractivity contribution in [2.75, 3.05) is 13.2 Å². The Morgan fingerprint density at radius 1 is 1.21 bits per heavy atom. The standard InChI is InChI=1S/C19H29NO4/c1-4-6-13-24-16-9-7-15(8-10-16)17(21)11-12-20-18(19(22)23)14(3)5-2/h7-10,14,18,20H,4-6,11-13H2,1-3H3,(H,22,23)/t14-,18+/m0/s1. The van der Waals surface area contributed by atoms with Crippen molar-refractivity contribution in [1.82, 2.24) is 0 Å². The Morgan fingerprint density at radius 3 is 2.42 bits per heavy atom. The molecule has 5 nitrogen and oxygen atoms in total. The molecule has 0 unspecified atom stereocenters. The number of nitrogens with two attached hydrogens (primary N) is 1. The molecule has 0 bridgehead atoms. The molecule has 1 aromatic carbocycles. The van der Waals surface area contributed by atoms with Gasteiger partial charge in [-0.1, -0.05) is 27.2 Å². The van der Waals surface area contributed by atoms with E-state index < -0.39 is 12.0 Å². The van der Waals surface area contributed by atoms with Crippen molar-refractivity contribution in [2.45, 2.75) is 52.5 Å². The minimum absolute atomic E-state index is 0.00704. The van der Waals surface area contributed by atoms with E-state index in [-0.39, 0.29) is 11.7 Å². The lowest BCUT2D eigenvalue weighted by Gasteiger charge is -2.21.